The minimum absolute atomic E-state index is 0.000762. The number of carbonyl (C=O) groups is 2. The SMILES string of the molecule is COc1cc(/C=C/Cc2c(/C=C/COC(=O)CC(C)(CC(=O)O)O[C@@H]3O[C@H](CO)[C@@H](O)[C@H](O)[C@H]3O)cc(OC)c(O[C@@H]3O[C@H](CO)[C@@H](O)[C@H](O)[C@H]3O)c2OC)cc(OC)c1O[C@@H]1O[C@H](CO)[C@@H](O)[C@H](O)[C@H]1O. The van der Waals surface area contributed by atoms with Gasteiger partial charge in [0.15, 0.2) is 29.3 Å². The minimum Gasteiger partial charge on any atom is -0.493 e. The predicted octanol–water partition coefficient (Wildman–Crippen LogP) is -3.67. The maximum absolute atomic E-state index is 13.2. The van der Waals surface area contributed by atoms with E-state index < -0.39 is 149 Å². The van der Waals surface area contributed by atoms with Crippen LogP contribution in [0.15, 0.2) is 30.4 Å². The smallest absolute Gasteiger partial charge is 0.309 e. The van der Waals surface area contributed by atoms with Crippen LogP contribution in [-0.4, -0.2) is 231 Å². The number of aliphatic hydroxyl groups is 12. The molecule has 3 aliphatic heterocycles. The average molecular weight is 1030 g/mol. The Bertz CT molecular complexity index is 2140. The van der Waals surface area contributed by atoms with E-state index in [1.54, 1.807) is 12.2 Å². The number of ether oxygens (including phenoxy) is 11. The Morgan fingerprint density at radius 1 is 0.569 bits per heavy atom. The molecule has 3 saturated heterocycles. The largest absolute Gasteiger partial charge is 0.493 e. The molecule has 26 heteroatoms. The molecule has 5 rings (SSSR count). The van der Waals surface area contributed by atoms with Crippen LogP contribution in [0.5, 0.6) is 34.5 Å². The Morgan fingerprint density at radius 3 is 1.49 bits per heavy atom. The fourth-order valence-corrected chi connectivity index (χ4v) is 8.08. The highest BCUT2D eigenvalue weighted by Crippen LogP contribution is 2.45. The van der Waals surface area contributed by atoms with Crippen molar-refractivity contribution in [2.75, 3.05) is 54.9 Å². The fourth-order valence-electron chi connectivity index (χ4n) is 8.08. The van der Waals surface area contributed by atoms with Crippen molar-refractivity contribution >= 4 is 24.1 Å². The number of benzene rings is 2. The Kier molecular flexibility index (Phi) is 20.7. The second kappa shape index (κ2) is 25.8. The summed E-state index contributed by atoms with van der Waals surface area (Å²) in [5.41, 5.74) is -0.710. The van der Waals surface area contributed by atoms with Gasteiger partial charge in [0.1, 0.15) is 79.9 Å². The molecule has 72 heavy (non-hydrogen) atoms. The number of methoxy groups -OCH3 is 4. The number of esters is 1. The molecule has 3 aliphatic rings. The summed E-state index contributed by atoms with van der Waals surface area (Å²) in [6.45, 7) is -1.41. The number of carboxylic acids is 1. The molecule has 0 bridgehead atoms. The summed E-state index contributed by atoms with van der Waals surface area (Å²) in [7, 11) is 5.23. The number of aliphatic hydroxyl groups excluding tert-OH is 12. The van der Waals surface area contributed by atoms with Crippen LogP contribution in [-0.2, 0) is 39.7 Å². The molecule has 3 fully saturated rings. The molecule has 1 unspecified atom stereocenters. The van der Waals surface area contributed by atoms with Gasteiger partial charge in [-0.2, -0.15) is 0 Å². The van der Waals surface area contributed by atoms with Crippen molar-refractivity contribution in [3.05, 3.63) is 47.0 Å². The topological polar surface area (TPSA) is 399 Å². The first-order chi connectivity index (χ1) is 34.2. The van der Waals surface area contributed by atoms with Crippen LogP contribution in [0.3, 0.4) is 0 Å². The summed E-state index contributed by atoms with van der Waals surface area (Å²) in [5, 5.41) is 132. The fraction of sp³-hybridized carbons (Fsp3) is 0.609. The van der Waals surface area contributed by atoms with Crippen molar-refractivity contribution in [3.63, 3.8) is 0 Å². The van der Waals surface area contributed by atoms with E-state index in [4.69, 9.17) is 52.1 Å². The first kappa shape index (κ1) is 57.9. The highest BCUT2D eigenvalue weighted by Gasteiger charge is 2.49. The van der Waals surface area contributed by atoms with Gasteiger partial charge in [-0.3, -0.25) is 9.59 Å². The summed E-state index contributed by atoms with van der Waals surface area (Å²) in [5.74, 6) is -2.44. The second-order valence-corrected chi connectivity index (χ2v) is 17.1. The molecule has 13 N–H and O–H groups in total. The molecule has 0 radical (unpaired) electrons. The third-order valence-electron chi connectivity index (χ3n) is 12.0. The first-order valence-electron chi connectivity index (χ1n) is 22.4. The molecule has 0 spiro atoms. The monoisotopic (exact) mass is 1030 g/mol. The Morgan fingerprint density at radius 2 is 1.03 bits per heavy atom. The van der Waals surface area contributed by atoms with Crippen molar-refractivity contribution < 1.29 is 128 Å². The molecule has 3 heterocycles. The number of aliphatic carboxylic acids is 1. The van der Waals surface area contributed by atoms with E-state index in [0.29, 0.717) is 16.7 Å². The zero-order chi connectivity index (χ0) is 53.2. The highest BCUT2D eigenvalue weighted by atomic mass is 16.7. The number of carboxylic acid groups (broad SMARTS) is 1. The van der Waals surface area contributed by atoms with E-state index in [9.17, 15) is 76.0 Å². The number of carbonyl (C=O) groups excluding carboxylic acids is 1. The summed E-state index contributed by atoms with van der Waals surface area (Å²) < 4.78 is 62.1. The van der Waals surface area contributed by atoms with Crippen molar-refractivity contribution in [2.45, 2.75) is 124 Å². The lowest BCUT2D eigenvalue weighted by Crippen LogP contribution is -2.60. The summed E-state index contributed by atoms with van der Waals surface area (Å²) in [4.78, 5) is 25.0. The standard InChI is InChI=1S/C46H64O26/c1-46(15-29(50)51,72-45-39(61)36(58)33(55)28(19-49)69-45)16-30(52)66-11-7-9-21-14-25(64-4)42(71-44-38(60)35(57)32(54)27(18-48)68-44)40(65-5)22(21)10-6-8-20-12-23(62-2)41(24(13-20)63-3)70-43-37(59)34(56)31(53)26(17-47)67-43/h6-9,12-14,26-28,31-39,43-45,47-49,53-61H,10-11,15-19H2,1-5H3,(H,50,51)/b8-6+,9-7+/t26-,27-,28-,31-,32-,33-,34+,35+,36+,37-,38-,39-,43+,44+,45+,46?/m1/s1. The third-order valence-corrected chi connectivity index (χ3v) is 12.0. The molecule has 2 aromatic carbocycles. The van der Waals surface area contributed by atoms with Crippen molar-refractivity contribution in [1.29, 1.82) is 0 Å². The maximum Gasteiger partial charge on any atom is 0.309 e. The van der Waals surface area contributed by atoms with E-state index in [1.807, 2.05) is 0 Å². The molecule has 16 atom stereocenters. The van der Waals surface area contributed by atoms with Crippen LogP contribution in [0, 0.1) is 0 Å². The van der Waals surface area contributed by atoms with Crippen LogP contribution < -0.4 is 28.4 Å². The van der Waals surface area contributed by atoms with Crippen LogP contribution in [0.1, 0.15) is 36.5 Å². The van der Waals surface area contributed by atoms with Crippen molar-refractivity contribution in [1.82, 2.24) is 0 Å². The first-order valence-corrected chi connectivity index (χ1v) is 22.4. The van der Waals surface area contributed by atoms with E-state index in [1.165, 1.54) is 65.7 Å². The number of rotatable bonds is 23. The van der Waals surface area contributed by atoms with Gasteiger partial charge in [-0.05, 0) is 48.7 Å². The van der Waals surface area contributed by atoms with Gasteiger partial charge in [-0.25, -0.2) is 0 Å². The van der Waals surface area contributed by atoms with Crippen LogP contribution in [0.25, 0.3) is 12.2 Å². The van der Waals surface area contributed by atoms with Crippen LogP contribution >= 0.6 is 0 Å². The van der Waals surface area contributed by atoms with Crippen LogP contribution in [0.4, 0.5) is 0 Å². The molecule has 0 aromatic heterocycles. The third kappa shape index (κ3) is 13.4. The molecular weight excluding hydrogens is 968 g/mol. The van der Waals surface area contributed by atoms with Gasteiger partial charge >= 0.3 is 11.9 Å². The molecule has 0 amide bonds. The molecule has 0 aliphatic carbocycles. The van der Waals surface area contributed by atoms with Gasteiger partial charge in [0, 0.05) is 5.56 Å². The van der Waals surface area contributed by atoms with Gasteiger partial charge in [0.2, 0.25) is 24.1 Å². The Balaban J connectivity index is 1.44. The minimum atomic E-state index is -1.90. The van der Waals surface area contributed by atoms with Gasteiger partial charge < -0.3 is 118 Å². The lowest BCUT2D eigenvalue weighted by Gasteiger charge is -2.42. The number of hydrogen-bond donors (Lipinski definition) is 13. The van der Waals surface area contributed by atoms with E-state index in [2.05, 4.69) is 0 Å². The van der Waals surface area contributed by atoms with E-state index in [0.717, 1.165) is 0 Å². The molecule has 404 valence electrons. The molecule has 0 saturated carbocycles. The predicted molar refractivity (Wildman–Crippen MR) is 241 cm³/mol. The molecule has 2 aromatic rings. The zero-order valence-corrected chi connectivity index (χ0v) is 39.8. The average Bonchev–Trinajstić information content (AvgIpc) is 3.35. The summed E-state index contributed by atoms with van der Waals surface area (Å²) in [6, 6.07) is 4.55. The lowest BCUT2D eigenvalue weighted by molar-refractivity contribution is -0.325. The molecule has 26 nitrogen and oxygen atoms in total. The normalized spacial score (nSPS) is 31.7. The van der Waals surface area contributed by atoms with E-state index >= 15 is 0 Å². The quantitative estimate of drug-likeness (QED) is 0.0477. The Hall–Kier alpha value is -4.98. The van der Waals surface area contributed by atoms with Crippen LogP contribution in [0.2, 0.25) is 0 Å². The maximum atomic E-state index is 13.2. The number of allylic oxidation sites excluding steroid dienone is 1. The molecular formula is C46H64O26. The van der Waals surface area contributed by atoms with Gasteiger partial charge in [0.25, 0.3) is 0 Å². The summed E-state index contributed by atoms with van der Waals surface area (Å²) >= 11 is 0. The summed E-state index contributed by atoms with van der Waals surface area (Å²) in [6.07, 6.45) is -20.1. The van der Waals surface area contributed by atoms with Crippen molar-refractivity contribution in [2.24, 2.45) is 0 Å². The Labute approximate surface area is 411 Å². The lowest BCUT2D eigenvalue weighted by atomic mass is 9.95. The van der Waals surface area contributed by atoms with Gasteiger partial charge in [-0.15, -0.1) is 0 Å². The zero-order valence-electron chi connectivity index (χ0n) is 39.8. The van der Waals surface area contributed by atoms with E-state index in [-0.39, 0.29) is 40.9 Å². The number of hydrogen-bond acceptors (Lipinski definition) is 25. The van der Waals surface area contributed by atoms with Gasteiger partial charge in [0.05, 0.1) is 66.7 Å². The highest BCUT2D eigenvalue weighted by molar-refractivity contribution is 5.74. The van der Waals surface area contributed by atoms with Gasteiger partial charge in [-0.1, -0.05) is 18.2 Å². The second-order valence-electron chi connectivity index (χ2n) is 17.1. The van der Waals surface area contributed by atoms with Crippen molar-refractivity contribution in [3.8, 4) is 34.5 Å².